The first kappa shape index (κ1) is 28.4. The van der Waals surface area contributed by atoms with Crippen LogP contribution in [0.3, 0.4) is 0 Å². The number of fused-ring (bicyclic) bond motifs is 1. The van der Waals surface area contributed by atoms with Crippen molar-refractivity contribution in [1.82, 2.24) is 19.5 Å². The van der Waals surface area contributed by atoms with Crippen molar-refractivity contribution in [2.24, 2.45) is 0 Å². The van der Waals surface area contributed by atoms with E-state index in [2.05, 4.69) is 15.0 Å². The Kier molecular flexibility index (Phi) is 7.87. The number of rotatable bonds is 10. The van der Waals surface area contributed by atoms with Gasteiger partial charge in [-0.25, -0.2) is 15.0 Å². The lowest BCUT2D eigenvalue weighted by atomic mass is 9.81. The number of ether oxygens (including phenoxy) is 5. The molecule has 13 nitrogen and oxygen atoms in total. The molecular formula is C28H33N5O8. The summed E-state index contributed by atoms with van der Waals surface area (Å²) in [4.78, 5) is 12.7. The third-order valence-corrected chi connectivity index (χ3v) is 7.57. The van der Waals surface area contributed by atoms with E-state index < -0.39 is 36.6 Å². The molecule has 0 saturated carbocycles. The minimum atomic E-state index is -1.67. The molecule has 4 aromatic rings. The number of imidazole rings is 1. The summed E-state index contributed by atoms with van der Waals surface area (Å²) < 4.78 is 30.4. The molecule has 13 heteroatoms. The highest BCUT2D eigenvalue weighted by Gasteiger charge is 2.57. The third kappa shape index (κ3) is 4.66. The molecule has 0 radical (unpaired) electrons. The first-order valence-electron chi connectivity index (χ1n) is 12.8. The van der Waals surface area contributed by atoms with Gasteiger partial charge in [0.15, 0.2) is 28.7 Å². The van der Waals surface area contributed by atoms with Crippen LogP contribution in [0.25, 0.3) is 11.2 Å². The molecule has 0 aliphatic carbocycles. The van der Waals surface area contributed by atoms with Crippen molar-refractivity contribution in [2.45, 2.75) is 36.4 Å². The lowest BCUT2D eigenvalue weighted by Gasteiger charge is -2.37. The minimum Gasteiger partial charge on any atom is -0.496 e. The number of para-hydroxylation sites is 1. The third-order valence-electron chi connectivity index (χ3n) is 7.57. The van der Waals surface area contributed by atoms with Crippen molar-refractivity contribution in [3.05, 3.63) is 60.2 Å². The van der Waals surface area contributed by atoms with E-state index in [4.69, 9.17) is 29.4 Å². The van der Waals surface area contributed by atoms with Gasteiger partial charge in [0.2, 0.25) is 5.75 Å². The number of hydrogen-bond donors (Lipinski definition) is 4. The van der Waals surface area contributed by atoms with Crippen LogP contribution in [0, 0.1) is 0 Å². The zero-order chi connectivity index (χ0) is 29.3. The molecule has 1 aliphatic heterocycles. The molecule has 1 aliphatic rings. The summed E-state index contributed by atoms with van der Waals surface area (Å²) in [7, 11) is 6.13. The summed E-state index contributed by atoms with van der Waals surface area (Å²) in [5.41, 5.74) is 6.43. The molecule has 5 N–H and O–H groups in total. The molecular weight excluding hydrogens is 534 g/mol. The predicted molar refractivity (Wildman–Crippen MR) is 147 cm³/mol. The monoisotopic (exact) mass is 567 g/mol. The zero-order valence-corrected chi connectivity index (χ0v) is 23.1. The van der Waals surface area contributed by atoms with Gasteiger partial charge in [-0.1, -0.05) is 18.2 Å². The van der Waals surface area contributed by atoms with Crippen LogP contribution >= 0.6 is 0 Å². The molecule has 5 rings (SSSR count). The highest BCUT2D eigenvalue weighted by molar-refractivity contribution is 5.81. The number of hydrogen-bond acceptors (Lipinski definition) is 12. The van der Waals surface area contributed by atoms with Crippen molar-refractivity contribution in [2.75, 3.05) is 40.8 Å². The molecule has 0 spiro atoms. The smallest absolute Gasteiger partial charge is 0.203 e. The topological polar surface area (TPSA) is 176 Å². The Morgan fingerprint density at radius 2 is 1.66 bits per heavy atom. The fourth-order valence-electron chi connectivity index (χ4n) is 5.57. The van der Waals surface area contributed by atoms with Gasteiger partial charge in [0, 0.05) is 17.9 Å². The Morgan fingerprint density at radius 1 is 0.976 bits per heavy atom. The van der Waals surface area contributed by atoms with Crippen molar-refractivity contribution in [3.8, 4) is 23.0 Å². The van der Waals surface area contributed by atoms with Gasteiger partial charge in [0.25, 0.3) is 0 Å². The van der Waals surface area contributed by atoms with Crippen molar-refractivity contribution >= 4 is 17.0 Å². The van der Waals surface area contributed by atoms with Gasteiger partial charge in [-0.2, -0.15) is 0 Å². The highest BCUT2D eigenvalue weighted by Crippen LogP contribution is 2.50. The Hall–Kier alpha value is -4.17. The van der Waals surface area contributed by atoms with Crippen molar-refractivity contribution < 1.29 is 39.0 Å². The number of aliphatic hydroxyl groups excluding tert-OH is 3. The number of benzene rings is 2. The lowest BCUT2D eigenvalue weighted by molar-refractivity contribution is -0.152. The second-order valence-corrected chi connectivity index (χ2v) is 9.62. The van der Waals surface area contributed by atoms with Gasteiger partial charge in [0.05, 0.1) is 41.4 Å². The molecule has 0 bridgehead atoms. The lowest BCUT2D eigenvalue weighted by Crippen LogP contribution is -2.46. The Balaban J connectivity index is 1.77. The standard InChI is InChI=1S/C28H33N5O8/c1-37-18-8-6-5-7-16(18)17(15-9-19(38-2)24(40-4)20(10-15)39-3)11-28(25(36)23(35)21(12-34)41-28)33-14-32-22-26(29)30-13-31-27(22)33/h5-10,13-14,17,21,23,25,34-36H,11-12H2,1-4H3,(H2,29,30,31)/t17?,21-,23-,25-,28-/m1/s1. The maximum absolute atomic E-state index is 11.7. The van der Waals surface area contributed by atoms with E-state index in [0.717, 1.165) is 5.56 Å². The largest absolute Gasteiger partial charge is 0.496 e. The van der Waals surface area contributed by atoms with Crippen LogP contribution in [0.15, 0.2) is 49.1 Å². The molecule has 218 valence electrons. The van der Waals surface area contributed by atoms with E-state index in [1.807, 2.05) is 24.3 Å². The molecule has 3 heterocycles. The number of nitrogens with zero attached hydrogens (tertiary/aromatic N) is 4. The van der Waals surface area contributed by atoms with Gasteiger partial charge >= 0.3 is 0 Å². The average Bonchev–Trinajstić information content (AvgIpc) is 3.55. The second-order valence-electron chi connectivity index (χ2n) is 9.62. The average molecular weight is 568 g/mol. The molecule has 1 fully saturated rings. The Bertz CT molecular complexity index is 1510. The Morgan fingerprint density at radius 3 is 2.27 bits per heavy atom. The molecule has 1 saturated heterocycles. The predicted octanol–water partition coefficient (Wildman–Crippen LogP) is 1.43. The summed E-state index contributed by atoms with van der Waals surface area (Å²) in [5.74, 6) is 1.41. The van der Waals surface area contributed by atoms with E-state index in [0.29, 0.717) is 34.1 Å². The molecule has 0 amide bonds. The fraction of sp³-hybridized carbons (Fsp3) is 0.393. The molecule has 2 aromatic carbocycles. The quantitative estimate of drug-likeness (QED) is 0.217. The van der Waals surface area contributed by atoms with Crippen LogP contribution in [-0.4, -0.2) is 88.2 Å². The van der Waals surface area contributed by atoms with E-state index in [1.54, 1.807) is 19.2 Å². The second kappa shape index (κ2) is 11.4. The van der Waals surface area contributed by atoms with Gasteiger partial charge in [-0.15, -0.1) is 0 Å². The summed E-state index contributed by atoms with van der Waals surface area (Å²) in [5, 5.41) is 32.7. The molecule has 41 heavy (non-hydrogen) atoms. The fourth-order valence-corrected chi connectivity index (χ4v) is 5.57. The van der Waals surface area contributed by atoms with E-state index in [9.17, 15) is 15.3 Å². The number of nitrogen functional groups attached to an aromatic ring is 1. The Labute approximate surface area is 236 Å². The first-order chi connectivity index (χ1) is 19.8. The van der Waals surface area contributed by atoms with Gasteiger partial charge < -0.3 is 44.7 Å². The van der Waals surface area contributed by atoms with Gasteiger partial charge in [-0.05, 0) is 23.8 Å². The maximum Gasteiger partial charge on any atom is 0.203 e. The summed E-state index contributed by atoms with van der Waals surface area (Å²) in [6.07, 6.45) is -1.29. The minimum absolute atomic E-state index is 0.0239. The van der Waals surface area contributed by atoms with E-state index >= 15 is 0 Å². The van der Waals surface area contributed by atoms with Crippen LogP contribution in [0.2, 0.25) is 0 Å². The number of nitrogens with two attached hydrogens (primary N) is 1. The van der Waals surface area contributed by atoms with Crippen molar-refractivity contribution in [3.63, 3.8) is 0 Å². The van der Waals surface area contributed by atoms with Gasteiger partial charge in [-0.3, -0.25) is 4.57 Å². The number of anilines is 1. The van der Waals surface area contributed by atoms with E-state index in [-0.39, 0.29) is 17.9 Å². The normalized spacial score (nSPS) is 23.0. The van der Waals surface area contributed by atoms with E-state index in [1.165, 1.54) is 38.6 Å². The molecule has 5 atom stereocenters. The highest BCUT2D eigenvalue weighted by atomic mass is 16.6. The number of methoxy groups -OCH3 is 4. The van der Waals surface area contributed by atoms with Crippen LogP contribution in [-0.2, 0) is 10.5 Å². The summed E-state index contributed by atoms with van der Waals surface area (Å²) >= 11 is 0. The van der Waals surface area contributed by atoms with Crippen LogP contribution < -0.4 is 24.7 Å². The van der Waals surface area contributed by atoms with Crippen LogP contribution in [0.1, 0.15) is 23.5 Å². The molecule has 2 aromatic heterocycles. The number of aromatic nitrogens is 4. The maximum atomic E-state index is 11.7. The van der Waals surface area contributed by atoms with Crippen LogP contribution in [0.4, 0.5) is 5.82 Å². The van der Waals surface area contributed by atoms with Crippen molar-refractivity contribution in [1.29, 1.82) is 0 Å². The summed E-state index contributed by atoms with van der Waals surface area (Å²) in [6.45, 7) is -0.534. The van der Waals surface area contributed by atoms with Gasteiger partial charge in [0.1, 0.15) is 35.9 Å². The first-order valence-corrected chi connectivity index (χ1v) is 12.8. The SMILES string of the molecule is COc1ccccc1C(C[C@@]1(n2cnc3c(N)ncnc32)O[C@H](CO)[C@@H](O)[C@H]1O)c1cc(OC)c(OC)c(OC)c1. The number of aliphatic hydroxyl groups is 3. The van der Waals surface area contributed by atoms with Crippen LogP contribution in [0.5, 0.6) is 23.0 Å². The zero-order valence-electron chi connectivity index (χ0n) is 23.1. The molecule has 1 unspecified atom stereocenters. The summed E-state index contributed by atoms with van der Waals surface area (Å²) in [6, 6.07) is 11.0.